The first-order valence-electron chi connectivity index (χ1n) is 5.47. The topological polar surface area (TPSA) is 0 Å². The van der Waals surface area contributed by atoms with Crippen LogP contribution in [-0.2, 0) is 0 Å². The van der Waals surface area contributed by atoms with Gasteiger partial charge in [0.05, 0.1) is 0 Å². The van der Waals surface area contributed by atoms with E-state index in [2.05, 4.69) is 6.92 Å². The molecule has 1 heteroatoms. The molecule has 0 bridgehead atoms. The molecule has 0 saturated heterocycles. The van der Waals surface area contributed by atoms with E-state index in [1.807, 2.05) is 0 Å². The third-order valence-corrected chi connectivity index (χ3v) is 2.50. The molecule has 0 aromatic heterocycles. The van der Waals surface area contributed by atoms with Crippen LogP contribution in [0.3, 0.4) is 0 Å². The molecule has 0 amide bonds. The Morgan fingerprint density at radius 1 is 0.667 bits per heavy atom. The highest BCUT2D eigenvalue weighted by molar-refractivity contribution is 6.17. The summed E-state index contributed by atoms with van der Waals surface area (Å²) in [5.41, 5.74) is 0. The molecule has 0 saturated carbocycles. The summed E-state index contributed by atoms with van der Waals surface area (Å²) < 4.78 is 0. The SMILES string of the molecule is CCCCCCCCCCCCl. The second-order valence-electron chi connectivity index (χ2n) is 3.52. The molecule has 0 spiro atoms. The summed E-state index contributed by atoms with van der Waals surface area (Å²) in [6.45, 7) is 2.26. The zero-order valence-corrected chi connectivity index (χ0v) is 9.20. The number of alkyl halides is 1. The summed E-state index contributed by atoms with van der Waals surface area (Å²) in [6, 6.07) is 0. The van der Waals surface area contributed by atoms with Gasteiger partial charge >= 0.3 is 0 Å². The molecule has 0 unspecified atom stereocenters. The van der Waals surface area contributed by atoms with Crippen LogP contribution in [0.5, 0.6) is 0 Å². The van der Waals surface area contributed by atoms with Crippen molar-refractivity contribution in [1.82, 2.24) is 0 Å². The molecule has 0 rings (SSSR count). The Morgan fingerprint density at radius 2 is 1.08 bits per heavy atom. The first-order valence-corrected chi connectivity index (χ1v) is 6.01. The Kier molecular flexibility index (Phi) is 11.6. The fourth-order valence-corrected chi connectivity index (χ4v) is 1.59. The van der Waals surface area contributed by atoms with Crippen LogP contribution in [0.15, 0.2) is 0 Å². The molecule has 0 atom stereocenters. The van der Waals surface area contributed by atoms with Crippen molar-refractivity contribution in [2.75, 3.05) is 5.88 Å². The van der Waals surface area contributed by atoms with Crippen molar-refractivity contribution in [3.05, 3.63) is 0 Å². The maximum Gasteiger partial charge on any atom is 0.0223 e. The average molecular weight is 191 g/mol. The maximum atomic E-state index is 5.58. The molecule has 0 nitrogen and oxygen atoms in total. The summed E-state index contributed by atoms with van der Waals surface area (Å²) in [4.78, 5) is 0. The van der Waals surface area contributed by atoms with Crippen LogP contribution in [0.1, 0.15) is 64.7 Å². The minimum absolute atomic E-state index is 0.843. The molecule has 12 heavy (non-hydrogen) atoms. The molecule has 0 aromatic rings. The fourth-order valence-electron chi connectivity index (χ4n) is 1.41. The van der Waals surface area contributed by atoms with Gasteiger partial charge in [-0.25, -0.2) is 0 Å². The van der Waals surface area contributed by atoms with E-state index in [1.165, 1.54) is 57.8 Å². The molecule has 74 valence electrons. The summed E-state index contributed by atoms with van der Waals surface area (Å²) in [7, 11) is 0. The van der Waals surface area contributed by atoms with E-state index in [-0.39, 0.29) is 0 Å². The van der Waals surface area contributed by atoms with Crippen molar-refractivity contribution in [3.8, 4) is 0 Å². The van der Waals surface area contributed by atoms with Crippen LogP contribution < -0.4 is 0 Å². The lowest BCUT2D eigenvalue weighted by Gasteiger charge is -1.99. The minimum atomic E-state index is 0.843. The summed E-state index contributed by atoms with van der Waals surface area (Å²) in [6.07, 6.45) is 12.4. The van der Waals surface area contributed by atoms with Crippen LogP contribution in [0.25, 0.3) is 0 Å². The highest BCUT2D eigenvalue weighted by atomic mass is 35.5. The van der Waals surface area contributed by atoms with Gasteiger partial charge in [-0.15, -0.1) is 11.6 Å². The smallest absolute Gasteiger partial charge is 0.0223 e. The second-order valence-corrected chi connectivity index (χ2v) is 3.90. The van der Waals surface area contributed by atoms with Crippen molar-refractivity contribution in [2.24, 2.45) is 0 Å². The van der Waals surface area contributed by atoms with Gasteiger partial charge in [-0.05, 0) is 6.42 Å². The second kappa shape index (κ2) is 11.3. The quantitative estimate of drug-likeness (QED) is 0.364. The summed E-state index contributed by atoms with van der Waals surface area (Å²) >= 11 is 5.58. The Bertz CT molecular complexity index is 61.4. The Labute approximate surface area is 82.7 Å². The van der Waals surface area contributed by atoms with Gasteiger partial charge in [-0.1, -0.05) is 58.3 Å². The fraction of sp³-hybridized carbons (Fsp3) is 1.00. The minimum Gasteiger partial charge on any atom is -0.127 e. The lowest BCUT2D eigenvalue weighted by molar-refractivity contribution is 0.573. The van der Waals surface area contributed by atoms with E-state index in [0.29, 0.717) is 0 Å². The molecule has 0 fully saturated rings. The van der Waals surface area contributed by atoms with Gasteiger partial charge in [-0.3, -0.25) is 0 Å². The van der Waals surface area contributed by atoms with Crippen LogP contribution in [-0.4, -0.2) is 5.88 Å². The Morgan fingerprint density at radius 3 is 1.50 bits per heavy atom. The standard InChI is InChI=1S/C11H23Cl/c1-2-3-4-5-6-7-8-9-10-11-12/h2-11H2,1H3. The van der Waals surface area contributed by atoms with Crippen molar-refractivity contribution in [3.63, 3.8) is 0 Å². The summed E-state index contributed by atoms with van der Waals surface area (Å²) in [5.74, 6) is 0.843. The van der Waals surface area contributed by atoms with Gasteiger partial charge in [0.2, 0.25) is 0 Å². The first kappa shape index (κ1) is 12.3. The Hall–Kier alpha value is 0.290. The third-order valence-electron chi connectivity index (χ3n) is 2.24. The molecule has 0 N–H and O–H groups in total. The highest BCUT2D eigenvalue weighted by Gasteiger charge is 1.90. The summed E-state index contributed by atoms with van der Waals surface area (Å²) in [5, 5.41) is 0. The predicted molar refractivity (Wildman–Crippen MR) is 57.9 cm³/mol. The molecule has 0 aromatic carbocycles. The lowest BCUT2D eigenvalue weighted by atomic mass is 10.1. The van der Waals surface area contributed by atoms with Crippen molar-refractivity contribution >= 4 is 11.6 Å². The first-order chi connectivity index (χ1) is 5.91. The van der Waals surface area contributed by atoms with Crippen molar-refractivity contribution < 1.29 is 0 Å². The number of halogens is 1. The number of rotatable bonds is 9. The van der Waals surface area contributed by atoms with E-state index >= 15 is 0 Å². The van der Waals surface area contributed by atoms with Gasteiger partial charge in [0.25, 0.3) is 0 Å². The van der Waals surface area contributed by atoms with E-state index < -0.39 is 0 Å². The van der Waals surface area contributed by atoms with E-state index in [4.69, 9.17) is 11.6 Å². The van der Waals surface area contributed by atoms with Crippen LogP contribution >= 0.6 is 11.6 Å². The molecule has 0 aliphatic rings. The van der Waals surface area contributed by atoms with E-state index in [1.54, 1.807) is 0 Å². The number of hydrogen-bond acceptors (Lipinski definition) is 0. The average Bonchev–Trinajstić information content (AvgIpc) is 2.10. The lowest BCUT2D eigenvalue weighted by Crippen LogP contribution is -1.81. The third kappa shape index (κ3) is 10.3. The number of hydrogen-bond donors (Lipinski definition) is 0. The van der Waals surface area contributed by atoms with Crippen molar-refractivity contribution in [1.29, 1.82) is 0 Å². The molecular weight excluding hydrogens is 168 g/mol. The molecule has 0 aliphatic heterocycles. The van der Waals surface area contributed by atoms with Crippen LogP contribution in [0, 0.1) is 0 Å². The van der Waals surface area contributed by atoms with Crippen LogP contribution in [0.2, 0.25) is 0 Å². The highest BCUT2D eigenvalue weighted by Crippen LogP contribution is 2.09. The van der Waals surface area contributed by atoms with E-state index in [9.17, 15) is 0 Å². The van der Waals surface area contributed by atoms with Crippen molar-refractivity contribution in [2.45, 2.75) is 64.7 Å². The monoisotopic (exact) mass is 190 g/mol. The van der Waals surface area contributed by atoms with Gasteiger partial charge in [-0.2, -0.15) is 0 Å². The van der Waals surface area contributed by atoms with Gasteiger partial charge in [0.1, 0.15) is 0 Å². The van der Waals surface area contributed by atoms with E-state index in [0.717, 1.165) is 5.88 Å². The maximum absolute atomic E-state index is 5.58. The predicted octanol–water partition coefficient (Wildman–Crippen LogP) is 4.76. The Balaban J connectivity index is 2.73. The molecule has 0 aliphatic carbocycles. The normalized spacial score (nSPS) is 10.5. The van der Waals surface area contributed by atoms with Crippen LogP contribution in [0.4, 0.5) is 0 Å². The zero-order valence-electron chi connectivity index (χ0n) is 8.45. The van der Waals surface area contributed by atoms with Gasteiger partial charge in [0.15, 0.2) is 0 Å². The molecule has 0 heterocycles. The largest absolute Gasteiger partial charge is 0.127 e. The van der Waals surface area contributed by atoms with Gasteiger partial charge in [0, 0.05) is 5.88 Å². The molecular formula is C11H23Cl. The van der Waals surface area contributed by atoms with Gasteiger partial charge < -0.3 is 0 Å². The zero-order chi connectivity index (χ0) is 9.07. The molecule has 0 radical (unpaired) electrons. The number of unbranched alkanes of at least 4 members (excludes halogenated alkanes) is 8.